The predicted octanol–water partition coefficient (Wildman–Crippen LogP) is 2.04. The summed E-state index contributed by atoms with van der Waals surface area (Å²) in [6, 6.07) is 10.0. The molecule has 0 aliphatic carbocycles. The minimum absolute atomic E-state index is 0.128. The summed E-state index contributed by atoms with van der Waals surface area (Å²) in [5, 5.41) is 11.1. The van der Waals surface area contributed by atoms with E-state index in [1.807, 2.05) is 40.1 Å². The lowest BCUT2D eigenvalue weighted by atomic mass is 9.76. The van der Waals surface area contributed by atoms with Crippen molar-refractivity contribution in [3.63, 3.8) is 0 Å². The fourth-order valence-corrected chi connectivity index (χ4v) is 4.67. The van der Waals surface area contributed by atoms with Gasteiger partial charge < -0.3 is 19.6 Å². The molecule has 0 radical (unpaired) electrons. The van der Waals surface area contributed by atoms with E-state index in [2.05, 4.69) is 4.90 Å². The second-order valence-electron chi connectivity index (χ2n) is 8.19. The summed E-state index contributed by atoms with van der Waals surface area (Å²) in [7, 11) is 0. The van der Waals surface area contributed by atoms with Crippen LogP contribution in [0.1, 0.15) is 25.7 Å². The Hall–Kier alpha value is -1.79. The molecule has 0 bridgehead atoms. The molecule has 6 heteroatoms. The van der Waals surface area contributed by atoms with Gasteiger partial charge in [-0.05, 0) is 37.8 Å². The molecule has 0 unspecified atom stereocenters. The van der Waals surface area contributed by atoms with Crippen molar-refractivity contribution < 1.29 is 14.6 Å². The molecule has 6 nitrogen and oxygen atoms in total. The van der Waals surface area contributed by atoms with E-state index in [-0.39, 0.29) is 11.9 Å². The number of nitrogens with zero attached hydrogens (tertiary/aromatic N) is 3. The van der Waals surface area contributed by atoms with Crippen molar-refractivity contribution in [2.45, 2.75) is 31.3 Å². The second kappa shape index (κ2) is 8.07. The first-order chi connectivity index (χ1) is 13.1. The summed E-state index contributed by atoms with van der Waals surface area (Å²) < 4.78 is 5.82. The SMILES string of the molecule is O=C(N1CCCC1)N1CC[C@]2(O)CCN(CCOc3ccccc3)C[C@@H]2C1. The van der Waals surface area contributed by atoms with Crippen LogP contribution in [0.25, 0.3) is 0 Å². The van der Waals surface area contributed by atoms with Crippen LogP contribution in [-0.4, -0.2) is 83.9 Å². The molecular weight excluding hydrogens is 342 g/mol. The Labute approximate surface area is 161 Å². The number of fused-ring (bicyclic) bond motifs is 1. The molecule has 4 rings (SSSR count). The van der Waals surface area contributed by atoms with Crippen LogP contribution >= 0.6 is 0 Å². The van der Waals surface area contributed by atoms with E-state index in [0.29, 0.717) is 26.1 Å². The van der Waals surface area contributed by atoms with Crippen molar-refractivity contribution >= 4 is 6.03 Å². The van der Waals surface area contributed by atoms with Crippen LogP contribution in [0, 0.1) is 5.92 Å². The fourth-order valence-electron chi connectivity index (χ4n) is 4.67. The maximum Gasteiger partial charge on any atom is 0.320 e. The Balaban J connectivity index is 1.29. The lowest BCUT2D eigenvalue weighted by Crippen LogP contribution is -2.62. The van der Waals surface area contributed by atoms with Crippen LogP contribution in [0.3, 0.4) is 0 Å². The summed E-state index contributed by atoms with van der Waals surface area (Å²) in [4.78, 5) is 19.0. The fraction of sp³-hybridized carbons (Fsp3) is 0.667. The van der Waals surface area contributed by atoms with Crippen LogP contribution in [0.4, 0.5) is 4.79 Å². The first-order valence-corrected chi connectivity index (χ1v) is 10.3. The van der Waals surface area contributed by atoms with Crippen molar-refractivity contribution in [2.75, 3.05) is 52.4 Å². The van der Waals surface area contributed by atoms with E-state index >= 15 is 0 Å². The van der Waals surface area contributed by atoms with Gasteiger partial charge in [-0.2, -0.15) is 0 Å². The van der Waals surface area contributed by atoms with Gasteiger partial charge >= 0.3 is 6.03 Å². The van der Waals surface area contributed by atoms with Gasteiger partial charge in [0.05, 0.1) is 5.60 Å². The zero-order valence-corrected chi connectivity index (χ0v) is 16.1. The van der Waals surface area contributed by atoms with Gasteiger partial charge in [0.1, 0.15) is 12.4 Å². The topological polar surface area (TPSA) is 56.2 Å². The van der Waals surface area contributed by atoms with Gasteiger partial charge in [0, 0.05) is 51.7 Å². The third kappa shape index (κ3) is 4.22. The normalized spacial score (nSPS) is 28.9. The van der Waals surface area contributed by atoms with Crippen LogP contribution in [0.15, 0.2) is 30.3 Å². The highest BCUT2D eigenvalue weighted by Gasteiger charge is 2.46. The molecule has 3 saturated heterocycles. The number of benzene rings is 1. The van der Waals surface area contributed by atoms with E-state index in [1.165, 1.54) is 0 Å². The molecule has 0 aromatic heterocycles. The Morgan fingerprint density at radius 3 is 2.56 bits per heavy atom. The van der Waals surface area contributed by atoms with Crippen LogP contribution < -0.4 is 4.74 Å². The summed E-state index contributed by atoms with van der Waals surface area (Å²) in [6.45, 7) is 6.33. The van der Waals surface area contributed by atoms with E-state index in [4.69, 9.17) is 4.74 Å². The summed E-state index contributed by atoms with van der Waals surface area (Å²) in [5.74, 6) is 1.02. The van der Waals surface area contributed by atoms with Gasteiger partial charge in [-0.15, -0.1) is 0 Å². The molecule has 1 aromatic carbocycles. The first-order valence-electron chi connectivity index (χ1n) is 10.3. The lowest BCUT2D eigenvalue weighted by molar-refractivity contribution is -0.108. The highest BCUT2D eigenvalue weighted by atomic mass is 16.5. The van der Waals surface area contributed by atoms with E-state index in [0.717, 1.165) is 57.7 Å². The molecule has 1 aromatic rings. The number of piperidine rings is 2. The first kappa shape index (κ1) is 18.6. The Morgan fingerprint density at radius 1 is 1.04 bits per heavy atom. The molecule has 3 aliphatic rings. The molecule has 3 aliphatic heterocycles. The molecule has 1 N–H and O–H groups in total. The predicted molar refractivity (Wildman–Crippen MR) is 104 cm³/mol. The Kier molecular flexibility index (Phi) is 5.55. The zero-order chi connectivity index (χ0) is 18.7. The van der Waals surface area contributed by atoms with Gasteiger partial charge in [0.25, 0.3) is 0 Å². The van der Waals surface area contributed by atoms with E-state index < -0.39 is 5.60 Å². The highest BCUT2D eigenvalue weighted by Crippen LogP contribution is 2.35. The van der Waals surface area contributed by atoms with Crippen molar-refractivity contribution in [1.29, 1.82) is 0 Å². The lowest BCUT2D eigenvalue weighted by Gasteiger charge is -2.50. The number of rotatable bonds is 4. The number of amides is 2. The molecule has 0 saturated carbocycles. The number of hydrogen-bond donors (Lipinski definition) is 1. The Morgan fingerprint density at radius 2 is 1.78 bits per heavy atom. The average molecular weight is 373 g/mol. The van der Waals surface area contributed by atoms with Crippen molar-refractivity contribution in [1.82, 2.24) is 14.7 Å². The highest BCUT2D eigenvalue weighted by molar-refractivity contribution is 5.74. The third-order valence-electron chi connectivity index (χ3n) is 6.42. The number of ether oxygens (including phenoxy) is 1. The van der Waals surface area contributed by atoms with Gasteiger partial charge in [0.2, 0.25) is 0 Å². The van der Waals surface area contributed by atoms with Gasteiger partial charge in [-0.25, -0.2) is 4.79 Å². The second-order valence-corrected chi connectivity index (χ2v) is 8.19. The molecule has 2 amide bonds. The molecule has 2 atom stereocenters. The molecule has 27 heavy (non-hydrogen) atoms. The van der Waals surface area contributed by atoms with Crippen LogP contribution in [0.2, 0.25) is 0 Å². The van der Waals surface area contributed by atoms with E-state index in [1.54, 1.807) is 0 Å². The van der Waals surface area contributed by atoms with Gasteiger partial charge in [-0.1, -0.05) is 18.2 Å². The third-order valence-corrected chi connectivity index (χ3v) is 6.42. The average Bonchev–Trinajstić information content (AvgIpc) is 3.23. The number of para-hydroxylation sites is 1. The van der Waals surface area contributed by atoms with Crippen molar-refractivity contribution in [3.8, 4) is 5.75 Å². The van der Waals surface area contributed by atoms with Gasteiger partial charge in [0.15, 0.2) is 0 Å². The molecular formula is C21H31N3O3. The molecule has 148 valence electrons. The van der Waals surface area contributed by atoms with Crippen LogP contribution in [-0.2, 0) is 0 Å². The smallest absolute Gasteiger partial charge is 0.320 e. The van der Waals surface area contributed by atoms with Gasteiger partial charge in [-0.3, -0.25) is 4.90 Å². The van der Waals surface area contributed by atoms with Crippen LogP contribution in [0.5, 0.6) is 5.75 Å². The number of carbonyl (C=O) groups excluding carboxylic acids is 1. The number of likely N-dealkylation sites (tertiary alicyclic amines) is 3. The summed E-state index contributed by atoms with van der Waals surface area (Å²) in [6.07, 6.45) is 3.71. The molecule has 0 spiro atoms. The minimum atomic E-state index is -0.613. The molecule has 3 heterocycles. The van der Waals surface area contributed by atoms with Crippen molar-refractivity contribution in [3.05, 3.63) is 30.3 Å². The maximum absolute atomic E-state index is 12.7. The maximum atomic E-state index is 12.7. The standard InChI is InChI=1S/C21H31N3O3/c25-20(23-10-4-5-11-23)24-13-9-21(26)8-12-22(16-18(21)17-24)14-15-27-19-6-2-1-3-7-19/h1-3,6-7,18,26H,4-5,8-17H2/t18-,21-/m1/s1. The van der Waals surface area contributed by atoms with E-state index in [9.17, 15) is 9.90 Å². The minimum Gasteiger partial charge on any atom is -0.492 e. The number of hydrogen-bond acceptors (Lipinski definition) is 4. The monoisotopic (exact) mass is 373 g/mol. The molecule has 3 fully saturated rings. The number of aliphatic hydroxyl groups is 1. The Bertz CT molecular complexity index is 635. The number of urea groups is 1. The largest absolute Gasteiger partial charge is 0.492 e. The zero-order valence-electron chi connectivity index (χ0n) is 16.1. The quantitative estimate of drug-likeness (QED) is 0.878. The summed E-state index contributed by atoms with van der Waals surface area (Å²) >= 11 is 0. The van der Waals surface area contributed by atoms with Crippen molar-refractivity contribution in [2.24, 2.45) is 5.92 Å². The number of carbonyl (C=O) groups is 1. The summed E-state index contributed by atoms with van der Waals surface area (Å²) in [5.41, 5.74) is -0.613.